The number of rotatable bonds is 4. The highest BCUT2D eigenvalue weighted by Crippen LogP contribution is 2.27. The summed E-state index contributed by atoms with van der Waals surface area (Å²) in [5.41, 5.74) is 0.566. The second kappa shape index (κ2) is 7.06. The summed E-state index contributed by atoms with van der Waals surface area (Å²) >= 11 is 0. The van der Waals surface area contributed by atoms with Crippen molar-refractivity contribution in [1.82, 2.24) is 19.0 Å². The molecule has 2 aromatic heterocycles. The minimum absolute atomic E-state index is 0.0431. The van der Waals surface area contributed by atoms with E-state index in [1.54, 1.807) is 26.4 Å². The molecule has 0 unspecified atom stereocenters. The highest BCUT2D eigenvalue weighted by Gasteiger charge is 2.19. The molecule has 0 N–H and O–H groups in total. The molecule has 0 saturated carbocycles. The van der Waals surface area contributed by atoms with Gasteiger partial charge in [0.25, 0.3) is 11.5 Å². The lowest BCUT2D eigenvalue weighted by molar-refractivity contribution is 0.0773. The van der Waals surface area contributed by atoms with E-state index >= 15 is 0 Å². The molecule has 2 heterocycles. The SMILES string of the molecule is COc1ccc(CN(C)C(=O)c2cc(=O)n(C)c(=O)n2C)c2cccnc12. The lowest BCUT2D eigenvalue weighted by Gasteiger charge is -2.20. The van der Waals surface area contributed by atoms with Gasteiger partial charge < -0.3 is 9.64 Å². The topological polar surface area (TPSA) is 86.4 Å². The average Bonchev–Trinajstić information content (AvgIpc) is 2.68. The van der Waals surface area contributed by atoms with Gasteiger partial charge in [-0.2, -0.15) is 0 Å². The molecule has 140 valence electrons. The van der Waals surface area contributed by atoms with Gasteiger partial charge in [-0.15, -0.1) is 0 Å². The van der Waals surface area contributed by atoms with Crippen molar-refractivity contribution in [3.05, 3.63) is 68.6 Å². The first-order valence-electron chi connectivity index (χ1n) is 8.28. The number of fused-ring (bicyclic) bond motifs is 1. The quantitative estimate of drug-likeness (QED) is 0.683. The molecule has 0 fully saturated rings. The summed E-state index contributed by atoms with van der Waals surface area (Å²) in [6, 6.07) is 8.57. The number of pyridine rings is 1. The summed E-state index contributed by atoms with van der Waals surface area (Å²) in [5.74, 6) is 0.234. The zero-order valence-electron chi connectivity index (χ0n) is 15.6. The van der Waals surface area contributed by atoms with E-state index in [0.29, 0.717) is 11.3 Å². The van der Waals surface area contributed by atoms with Crippen molar-refractivity contribution in [3.63, 3.8) is 0 Å². The number of carbonyl (C=O) groups is 1. The molecule has 1 aromatic carbocycles. The molecule has 0 saturated heterocycles. The maximum Gasteiger partial charge on any atom is 0.331 e. The Kier molecular flexibility index (Phi) is 4.81. The Bertz CT molecular complexity index is 1150. The second-order valence-electron chi connectivity index (χ2n) is 6.26. The standard InChI is InChI=1S/C19H20N4O4/c1-21(18(25)14-10-16(24)23(3)19(26)22(14)2)11-12-7-8-15(27-4)17-13(12)6-5-9-20-17/h5-10H,11H2,1-4H3. The van der Waals surface area contributed by atoms with Gasteiger partial charge in [-0.05, 0) is 17.7 Å². The number of ether oxygens (including phenoxy) is 1. The molecule has 1 amide bonds. The number of hydrogen-bond acceptors (Lipinski definition) is 5. The predicted octanol–water partition coefficient (Wildman–Crippen LogP) is 0.913. The monoisotopic (exact) mass is 368 g/mol. The minimum atomic E-state index is -0.543. The smallest absolute Gasteiger partial charge is 0.331 e. The van der Waals surface area contributed by atoms with Crippen molar-refractivity contribution >= 4 is 16.8 Å². The molecule has 8 nitrogen and oxygen atoms in total. The van der Waals surface area contributed by atoms with Crippen molar-refractivity contribution in [2.75, 3.05) is 14.2 Å². The van der Waals surface area contributed by atoms with Crippen LogP contribution in [0.3, 0.4) is 0 Å². The van der Waals surface area contributed by atoms with Gasteiger partial charge in [-0.3, -0.25) is 23.7 Å². The van der Waals surface area contributed by atoms with E-state index in [9.17, 15) is 14.4 Å². The van der Waals surface area contributed by atoms with Crippen molar-refractivity contribution in [3.8, 4) is 5.75 Å². The minimum Gasteiger partial charge on any atom is -0.494 e. The van der Waals surface area contributed by atoms with Gasteiger partial charge >= 0.3 is 5.69 Å². The Morgan fingerprint density at radius 1 is 1.19 bits per heavy atom. The summed E-state index contributed by atoms with van der Waals surface area (Å²) < 4.78 is 7.47. The molecule has 0 atom stereocenters. The van der Waals surface area contributed by atoms with Crippen LogP contribution in [0.2, 0.25) is 0 Å². The molecule has 0 aliphatic heterocycles. The molecule has 8 heteroatoms. The van der Waals surface area contributed by atoms with E-state index in [2.05, 4.69) is 4.98 Å². The third kappa shape index (κ3) is 3.21. The first-order chi connectivity index (χ1) is 12.8. The first kappa shape index (κ1) is 18.4. The van der Waals surface area contributed by atoms with Crippen LogP contribution < -0.4 is 16.0 Å². The fraction of sp³-hybridized carbons (Fsp3) is 0.263. The molecule has 0 bridgehead atoms. The number of aromatic nitrogens is 3. The highest BCUT2D eigenvalue weighted by atomic mass is 16.5. The third-order valence-corrected chi connectivity index (χ3v) is 4.54. The number of hydrogen-bond donors (Lipinski definition) is 0. The molecule has 0 aliphatic rings. The largest absolute Gasteiger partial charge is 0.494 e. The van der Waals surface area contributed by atoms with Gasteiger partial charge in [0.2, 0.25) is 0 Å². The molecule has 3 aromatic rings. The molecule has 0 radical (unpaired) electrons. The van der Waals surface area contributed by atoms with Crippen LogP contribution in [0.25, 0.3) is 10.9 Å². The summed E-state index contributed by atoms with van der Waals surface area (Å²) in [7, 11) is 6.04. The molecule has 3 rings (SSSR count). The molecule has 0 aliphatic carbocycles. The number of methoxy groups -OCH3 is 1. The van der Waals surface area contributed by atoms with E-state index in [1.165, 1.54) is 29.6 Å². The maximum atomic E-state index is 12.8. The number of nitrogens with zero attached hydrogens (tertiary/aromatic N) is 4. The Morgan fingerprint density at radius 3 is 2.63 bits per heavy atom. The van der Waals surface area contributed by atoms with Crippen LogP contribution in [0, 0.1) is 0 Å². The summed E-state index contributed by atoms with van der Waals surface area (Å²) in [6.45, 7) is 0.286. The Labute approximate surface area is 155 Å². The van der Waals surface area contributed by atoms with Crippen molar-refractivity contribution in [1.29, 1.82) is 0 Å². The van der Waals surface area contributed by atoms with Gasteiger partial charge in [0.15, 0.2) is 0 Å². The zero-order valence-corrected chi connectivity index (χ0v) is 15.6. The average molecular weight is 368 g/mol. The lowest BCUT2D eigenvalue weighted by Crippen LogP contribution is -2.41. The first-order valence-corrected chi connectivity index (χ1v) is 8.28. The van der Waals surface area contributed by atoms with E-state index < -0.39 is 17.2 Å². The lowest BCUT2D eigenvalue weighted by atomic mass is 10.1. The normalized spacial score (nSPS) is 10.8. The van der Waals surface area contributed by atoms with Crippen LogP contribution in [0.5, 0.6) is 5.75 Å². The molecule has 0 spiro atoms. The highest BCUT2D eigenvalue weighted by molar-refractivity contribution is 5.93. The summed E-state index contributed by atoms with van der Waals surface area (Å²) in [6.07, 6.45) is 1.68. The van der Waals surface area contributed by atoms with Crippen LogP contribution in [0.1, 0.15) is 16.1 Å². The van der Waals surface area contributed by atoms with Crippen LogP contribution in [0.15, 0.2) is 46.1 Å². The van der Waals surface area contributed by atoms with Crippen molar-refractivity contribution in [2.45, 2.75) is 6.54 Å². The Hall–Kier alpha value is -3.42. The van der Waals surface area contributed by atoms with Crippen LogP contribution in [-0.4, -0.2) is 39.1 Å². The molecular formula is C19H20N4O4. The summed E-state index contributed by atoms with van der Waals surface area (Å²) in [4.78, 5) is 42.6. The third-order valence-electron chi connectivity index (χ3n) is 4.54. The fourth-order valence-corrected chi connectivity index (χ4v) is 2.97. The van der Waals surface area contributed by atoms with Crippen molar-refractivity contribution < 1.29 is 9.53 Å². The van der Waals surface area contributed by atoms with E-state index in [0.717, 1.165) is 15.5 Å². The molecular weight excluding hydrogens is 348 g/mol. The van der Waals surface area contributed by atoms with Gasteiger partial charge in [0.1, 0.15) is 17.0 Å². The van der Waals surface area contributed by atoms with Gasteiger partial charge in [0.05, 0.1) is 7.11 Å². The van der Waals surface area contributed by atoms with Crippen LogP contribution in [-0.2, 0) is 20.6 Å². The number of benzene rings is 1. The van der Waals surface area contributed by atoms with Gasteiger partial charge in [-0.25, -0.2) is 4.79 Å². The molecule has 27 heavy (non-hydrogen) atoms. The summed E-state index contributed by atoms with van der Waals surface area (Å²) in [5, 5.41) is 0.870. The van der Waals surface area contributed by atoms with E-state index in [-0.39, 0.29) is 12.2 Å². The van der Waals surface area contributed by atoms with E-state index in [4.69, 9.17) is 4.74 Å². The second-order valence-corrected chi connectivity index (χ2v) is 6.26. The van der Waals surface area contributed by atoms with Crippen LogP contribution in [0.4, 0.5) is 0 Å². The van der Waals surface area contributed by atoms with Crippen molar-refractivity contribution in [2.24, 2.45) is 14.1 Å². The number of amides is 1. The Balaban J connectivity index is 1.98. The van der Waals surface area contributed by atoms with Gasteiger partial charge in [-0.1, -0.05) is 12.1 Å². The van der Waals surface area contributed by atoms with Gasteiger partial charge in [0, 0.05) is 45.3 Å². The number of carbonyl (C=O) groups excluding carboxylic acids is 1. The Morgan fingerprint density at radius 2 is 1.93 bits per heavy atom. The zero-order chi connectivity index (χ0) is 19.7. The van der Waals surface area contributed by atoms with Crippen LogP contribution >= 0.6 is 0 Å². The van der Waals surface area contributed by atoms with E-state index in [1.807, 2.05) is 18.2 Å². The maximum absolute atomic E-state index is 12.8. The predicted molar refractivity (Wildman–Crippen MR) is 101 cm³/mol. The fourth-order valence-electron chi connectivity index (χ4n) is 2.97.